The van der Waals surface area contributed by atoms with E-state index >= 15 is 0 Å². The van der Waals surface area contributed by atoms with Crippen LogP contribution in [0, 0.1) is 5.82 Å². The molecule has 0 aromatic heterocycles. The first-order valence-electron chi connectivity index (χ1n) is 9.64. The average Bonchev–Trinajstić information content (AvgIpc) is 2.64. The van der Waals surface area contributed by atoms with Crippen LogP contribution in [0.15, 0.2) is 23.2 Å². The highest BCUT2D eigenvalue weighted by Crippen LogP contribution is 2.19. The second kappa shape index (κ2) is 11.8. The molecule has 1 aromatic rings. The van der Waals surface area contributed by atoms with E-state index in [1.165, 1.54) is 0 Å². The summed E-state index contributed by atoms with van der Waals surface area (Å²) >= 11 is 0. The molecule has 2 rings (SSSR count). The number of benzene rings is 1. The first-order valence-corrected chi connectivity index (χ1v) is 9.64. The smallest absolute Gasteiger partial charge is 0.191 e. The van der Waals surface area contributed by atoms with Crippen molar-refractivity contribution in [2.24, 2.45) is 4.99 Å². The predicted octanol–water partition coefficient (Wildman–Crippen LogP) is 2.68. The van der Waals surface area contributed by atoms with Gasteiger partial charge in [0, 0.05) is 45.8 Å². The van der Waals surface area contributed by atoms with E-state index in [4.69, 9.17) is 4.74 Å². The van der Waals surface area contributed by atoms with Crippen LogP contribution in [0.2, 0.25) is 0 Å². The van der Waals surface area contributed by atoms with Crippen molar-refractivity contribution in [3.63, 3.8) is 0 Å². The number of nitrogens with zero attached hydrogens (tertiary/aromatic N) is 3. The third kappa shape index (κ3) is 7.36. The molecule has 0 saturated carbocycles. The zero-order valence-corrected chi connectivity index (χ0v) is 20.0. The number of rotatable bonds is 7. The lowest BCUT2D eigenvalue weighted by atomic mass is 10.0. The molecule has 0 atom stereocenters. The van der Waals surface area contributed by atoms with E-state index in [9.17, 15) is 4.39 Å². The largest absolute Gasteiger partial charge is 0.379 e. The summed E-state index contributed by atoms with van der Waals surface area (Å²) < 4.78 is 19.6. The van der Waals surface area contributed by atoms with Gasteiger partial charge in [-0.2, -0.15) is 0 Å². The Kier molecular flexibility index (Phi) is 10.5. The minimum Gasteiger partial charge on any atom is -0.379 e. The molecule has 0 aliphatic carbocycles. The number of anilines is 1. The van der Waals surface area contributed by atoms with Crippen LogP contribution in [-0.4, -0.2) is 69.9 Å². The number of ether oxygens (including phenoxy) is 1. The van der Waals surface area contributed by atoms with E-state index in [0.29, 0.717) is 12.2 Å². The first kappa shape index (κ1) is 24.9. The lowest BCUT2D eigenvalue weighted by molar-refractivity contribution is -0.00834. The summed E-state index contributed by atoms with van der Waals surface area (Å²) in [6.07, 6.45) is 0. The van der Waals surface area contributed by atoms with E-state index in [-0.39, 0.29) is 35.3 Å². The fourth-order valence-electron chi connectivity index (χ4n) is 3.10. The highest BCUT2D eigenvalue weighted by atomic mass is 127. The van der Waals surface area contributed by atoms with Crippen LogP contribution in [0.3, 0.4) is 0 Å². The Hall–Kier alpha value is -1.13. The zero-order chi connectivity index (χ0) is 19.9. The molecule has 6 nitrogen and oxygen atoms in total. The first-order chi connectivity index (χ1) is 12.8. The fraction of sp³-hybridized carbons (Fsp3) is 0.650. The van der Waals surface area contributed by atoms with Crippen molar-refractivity contribution in [1.29, 1.82) is 0 Å². The third-order valence-corrected chi connectivity index (χ3v) is 4.81. The van der Waals surface area contributed by atoms with Crippen LogP contribution in [0.5, 0.6) is 0 Å². The van der Waals surface area contributed by atoms with Gasteiger partial charge >= 0.3 is 0 Å². The number of nitrogens with one attached hydrogen (secondary N) is 2. The number of hydrogen-bond acceptors (Lipinski definition) is 4. The molecule has 0 amide bonds. The molecular weight excluding hydrogens is 472 g/mol. The third-order valence-electron chi connectivity index (χ3n) is 4.81. The van der Waals surface area contributed by atoms with Gasteiger partial charge < -0.3 is 20.3 Å². The topological polar surface area (TPSA) is 52.1 Å². The minimum absolute atomic E-state index is 0. The maximum atomic E-state index is 14.1. The molecule has 28 heavy (non-hydrogen) atoms. The van der Waals surface area contributed by atoms with Gasteiger partial charge in [-0.25, -0.2) is 9.38 Å². The van der Waals surface area contributed by atoms with Crippen molar-refractivity contribution in [1.82, 2.24) is 15.5 Å². The lowest BCUT2D eigenvalue weighted by Gasteiger charge is -2.41. The Labute approximate surface area is 185 Å². The van der Waals surface area contributed by atoms with E-state index in [1.807, 2.05) is 27.1 Å². The normalized spacial score (nSPS) is 15.7. The molecule has 2 N–H and O–H groups in total. The summed E-state index contributed by atoms with van der Waals surface area (Å²) in [5.74, 6) is 0.523. The van der Waals surface area contributed by atoms with Gasteiger partial charge in [0.1, 0.15) is 5.82 Å². The molecule has 0 spiro atoms. The van der Waals surface area contributed by atoms with Crippen LogP contribution in [0.1, 0.15) is 26.3 Å². The number of morpholine rings is 1. The van der Waals surface area contributed by atoms with Gasteiger partial charge in [0.25, 0.3) is 0 Å². The highest BCUT2D eigenvalue weighted by molar-refractivity contribution is 14.0. The van der Waals surface area contributed by atoms with Crippen molar-refractivity contribution in [3.8, 4) is 0 Å². The van der Waals surface area contributed by atoms with Crippen molar-refractivity contribution >= 4 is 35.6 Å². The second-order valence-electron chi connectivity index (χ2n) is 7.64. The van der Waals surface area contributed by atoms with E-state index in [1.54, 1.807) is 17.0 Å². The fourth-order valence-corrected chi connectivity index (χ4v) is 3.10. The van der Waals surface area contributed by atoms with Crippen LogP contribution < -0.4 is 15.5 Å². The quantitative estimate of drug-likeness (QED) is 0.338. The predicted molar refractivity (Wildman–Crippen MR) is 125 cm³/mol. The van der Waals surface area contributed by atoms with Crippen LogP contribution >= 0.6 is 24.0 Å². The van der Waals surface area contributed by atoms with Gasteiger partial charge in [-0.3, -0.25) is 4.90 Å². The summed E-state index contributed by atoms with van der Waals surface area (Å²) in [7, 11) is 3.67. The zero-order valence-electron chi connectivity index (χ0n) is 17.7. The lowest BCUT2D eigenvalue weighted by Crippen LogP contribution is -2.56. The summed E-state index contributed by atoms with van der Waals surface area (Å²) in [5.41, 5.74) is 1.43. The molecule has 1 aliphatic rings. The molecule has 8 heteroatoms. The molecule has 160 valence electrons. The van der Waals surface area contributed by atoms with Crippen LogP contribution in [0.4, 0.5) is 10.1 Å². The standard InChI is InChI=1S/C20H34FN5O.HI/c1-6-22-19(24-15-20(2,3)26-9-11-27-12-10-26)23-14-16-7-8-18(25(4)5)17(21)13-16;/h7-8,13H,6,9-12,14-15H2,1-5H3,(H2,22,23,24);1H. The van der Waals surface area contributed by atoms with Crippen molar-refractivity contribution < 1.29 is 9.13 Å². The van der Waals surface area contributed by atoms with Gasteiger partial charge in [-0.1, -0.05) is 6.07 Å². The molecule has 0 unspecified atom stereocenters. The summed E-state index contributed by atoms with van der Waals surface area (Å²) in [6.45, 7) is 11.9. The molecule has 0 bridgehead atoms. The molecule has 1 saturated heterocycles. The minimum atomic E-state index is -0.223. The number of halogens is 2. The Morgan fingerprint density at radius 3 is 2.50 bits per heavy atom. The molecular formula is C20H35FIN5O. The SMILES string of the molecule is CCNC(=NCc1ccc(N(C)C)c(F)c1)NCC(C)(C)N1CCOCC1.I. The van der Waals surface area contributed by atoms with Crippen molar-refractivity contribution in [3.05, 3.63) is 29.6 Å². The van der Waals surface area contributed by atoms with Gasteiger partial charge in [-0.15, -0.1) is 24.0 Å². The summed E-state index contributed by atoms with van der Waals surface area (Å²) in [6, 6.07) is 5.27. The second-order valence-corrected chi connectivity index (χ2v) is 7.64. The van der Waals surface area contributed by atoms with Gasteiger partial charge in [-0.05, 0) is 38.5 Å². The molecule has 1 fully saturated rings. The number of guanidine groups is 1. The van der Waals surface area contributed by atoms with Crippen LogP contribution in [-0.2, 0) is 11.3 Å². The monoisotopic (exact) mass is 507 g/mol. The van der Waals surface area contributed by atoms with E-state index < -0.39 is 0 Å². The van der Waals surface area contributed by atoms with Gasteiger partial charge in [0.05, 0.1) is 25.4 Å². The summed E-state index contributed by atoms with van der Waals surface area (Å²) in [4.78, 5) is 8.82. The van der Waals surface area contributed by atoms with Crippen molar-refractivity contribution in [2.75, 3.05) is 58.4 Å². The number of aliphatic imine (C=N–C) groups is 1. The molecule has 0 radical (unpaired) electrons. The maximum absolute atomic E-state index is 14.1. The maximum Gasteiger partial charge on any atom is 0.191 e. The molecule has 1 aliphatic heterocycles. The average molecular weight is 507 g/mol. The Morgan fingerprint density at radius 1 is 1.25 bits per heavy atom. The van der Waals surface area contributed by atoms with Crippen LogP contribution in [0.25, 0.3) is 0 Å². The van der Waals surface area contributed by atoms with Crippen molar-refractivity contribution in [2.45, 2.75) is 32.9 Å². The highest BCUT2D eigenvalue weighted by Gasteiger charge is 2.28. The Balaban J connectivity index is 0.00000392. The number of hydrogen-bond donors (Lipinski definition) is 2. The van der Waals surface area contributed by atoms with E-state index in [2.05, 4.69) is 34.4 Å². The summed E-state index contributed by atoms with van der Waals surface area (Å²) in [5, 5.41) is 6.69. The molecule has 1 aromatic carbocycles. The molecule has 1 heterocycles. The van der Waals surface area contributed by atoms with Gasteiger partial charge in [0.15, 0.2) is 5.96 Å². The Bertz CT molecular complexity index is 633. The Morgan fingerprint density at radius 2 is 1.93 bits per heavy atom. The van der Waals surface area contributed by atoms with Gasteiger partial charge in [0.2, 0.25) is 0 Å². The van der Waals surface area contributed by atoms with E-state index in [0.717, 1.165) is 50.9 Å².